The van der Waals surface area contributed by atoms with E-state index >= 15 is 0 Å². The normalized spacial score (nSPS) is 20.7. The number of carbonyl (C=O) groups excluding carboxylic acids is 1. The summed E-state index contributed by atoms with van der Waals surface area (Å²) in [5.74, 6) is -0.238. The fourth-order valence-electron chi connectivity index (χ4n) is 6.30. The van der Waals surface area contributed by atoms with E-state index in [1.54, 1.807) is 31.7 Å². The first-order valence-electron chi connectivity index (χ1n) is 13.7. The molecule has 0 radical (unpaired) electrons. The molecule has 9 nitrogen and oxygen atoms in total. The van der Waals surface area contributed by atoms with Gasteiger partial charge in [0.1, 0.15) is 35.7 Å². The predicted molar refractivity (Wildman–Crippen MR) is 153 cm³/mol. The van der Waals surface area contributed by atoms with Gasteiger partial charge in [-0.3, -0.25) is 9.80 Å². The highest BCUT2D eigenvalue weighted by atomic mass is 79.9. The number of anilines is 1. The van der Waals surface area contributed by atoms with E-state index in [-0.39, 0.29) is 41.1 Å². The van der Waals surface area contributed by atoms with E-state index < -0.39 is 23.6 Å². The number of benzene rings is 1. The minimum absolute atomic E-state index is 0.0350. The maximum absolute atomic E-state index is 14.8. The molecule has 5 rings (SSSR count). The fraction of sp³-hybridized carbons (Fsp3) is 0.586. The first kappa shape index (κ1) is 28.4. The van der Waals surface area contributed by atoms with Crippen molar-refractivity contribution in [1.82, 2.24) is 14.8 Å². The largest absolute Gasteiger partial charge is 0.475 e. The number of rotatable bonds is 5. The van der Waals surface area contributed by atoms with E-state index in [9.17, 15) is 14.4 Å². The Bertz CT molecular complexity index is 1390. The average molecular weight is 614 g/mol. The summed E-state index contributed by atoms with van der Waals surface area (Å²) in [7, 11) is 0. The molecule has 1 atom stereocenters. The Morgan fingerprint density at radius 2 is 2.00 bits per heavy atom. The van der Waals surface area contributed by atoms with Crippen LogP contribution < -0.4 is 9.64 Å². The number of aromatic nitrogens is 1. The summed E-state index contributed by atoms with van der Waals surface area (Å²) in [5, 5.41) is 10.9. The lowest BCUT2D eigenvalue weighted by Gasteiger charge is -2.41. The first-order chi connectivity index (χ1) is 19.0. The summed E-state index contributed by atoms with van der Waals surface area (Å²) in [4.78, 5) is 27.2. The Kier molecular flexibility index (Phi) is 7.82. The number of carbonyl (C=O) groups is 1. The molecule has 0 aliphatic carbocycles. The number of nitriles is 1. The molecule has 0 saturated carbocycles. The van der Waals surface area contributed by atoms with Crippen molar-refractivity contribution in [2.24, 2.45) is 0 Å². The van der Waals surface area contributed by atoms with Gasteiger partial charge >= 0.3 is 6.09 Å². The van der Waals surface area contributed by atoms with Gasteiger partial charge in [-0.25, -0.2) is 20.7 Å². The second-order valence-corrected chi connectivity index (χ2v) is 12.7. The van der Waals surface area contributed by atoms with Crippen molar-refractivity contribution in [2.45, 2.75) is 63.6 Å². The van der Waals surface area contributed by atoms with E-state index in [4.69, 9.17) is 21.0 Å². The maximum atomic E-state index is 14.8. The van der Waals surface area contributed by atoms with Gasteiger partial charge in [-0.2, -0.15) is 5.26 Å². The zero-order valence-electron chi connectivity index (χ0n) is 23.2. The Morgan fingerprint density at radius 3 is 2.65 bits per heavy atom. The van der Waals surface area contributed by atoms with E-state index in [1.807, 2.05) is 4.90 Å². The fourth-order valence-corrected chi connectivity index (χ4v) is 6.63. The third kappa shape index (κ3) is 5.42. The van der Waals surface area contributed by atoms with Crippen molar-refractivity contribution in [1.29, 1.82) is 5.26 Å². The zero-order chi connectivity index (χ0) is 28.7. The number of ether oxygens (including phenoxy) is 2. The van der Waals surface area contributed by atoms with Gasteiger partial charge in [0.2, 0.25) is 12.4 Å². The molecule has 3 saturated heterocycles. The summed E-state index contributed by atoms with van der Waals surface area (Å²) < 4.78 is 27.1. The van der Waals surface area contributed by atoms with Gasteiger partial charge in [-0.1, -0.05) is 0 Å². The van der Waals surface area contributed by atoms with E-state index in [0.29, 0.717) is 29.7 Å². The van der Waals surface area contributed by atoms with Crippen LogP contribution in [0.4, 0.5) is 14.9 Å². The van der Waals surface area contributed by atoms with Gasteiger partial charge < -0.3 is 19.2 Å². The standard InChI is InChI=1S/C29H34BrFN6O3/c1-28(2,3)40-27(38)37-12-11-35(17-19(37)16-33-4)25-20-13-23(31)22(30)14-24(20)34-26(21(25)15-32)39-18-29-7-5-9-36(29)10-6-8-29/h13-14,19H,5-12,16-18H2,1-3H3/t19-/m0/s1. The maximum Gasteiger partial charge on any atom is 0.410 e. The molecule has 1 aromatic heterocycles. The van der Waals surface area contributed by atoms with Crippen molar-refractivity contribution in [3.63, 3.8) is 0 Å². The molecular weight excluding hydrogens is 579 g/mol. The van der Waals surface area contributed by atoms with Gasteiger partial charge in [-0.05, 0) is 87.6 Å². The number of amides is 1. The monoisotopic (exact) mass is 612 g/mol. The molecule has 0 N–H and O–H groups in total. The van der Waals surface area contributed by atoms with E-state index in [2.05, 4.69) is 31.7 Å². The van der Waals surface area contributed by atoms with Crippen molar-refractivity contribution in [3.05, 3.63) is 39.4 Å². The van der Waals surface area contributed by atoms with Gasteiger partial charge in [0.25, 0.3) is 0 Å². The van der Waals surface area contributed by atoms with E-state index in [0.717, 1.165) is 38.8 Å². The summed E-state index contributed by atoms with van der Waals surface area (Å²) >= 11 is 3.27. The lowest BCUT2D eigenvalue weighted by Crippen LogP contribution is -2.57. The third-order valence-electron chi connectivity index (χ3n) is 8.10. The Balaban J connectivity index is 1.52. The zero-order valence-corrected chi connectivity index (χ0v) is 24.8. The van der Waals surface area contributed by atoms with Crippen molar-refractivity contribution in [2.75, 3.05) is 50.8 Å². The van der Waals surface area contributed by atoms with Crippen LogP contribution in [0.5, 0.6) is 5.88 Å². The third-order valence-corrected chi connectivity index (χ3v) is 8.70. The molecule has 212 valence electrons. The minimum Gasteiger partial charge on any atom is -0.475 e. The van der Waals surface area contributed by atoms with Crippen LogP contribution in [0.1, 0.15) is 52.0 Å². The molecule has 40 heavy (non-hydrogen) atoms. The number of halogens is 2. The summed E-state index contributed by atoms with van der Waals surface area (Å²) in [6, 6.07) is 4.80. The Hall–Kier alpha value is -3.15. The summed E-state index contributed by atoms with van der Waals surface area (Å²) in [6.07, 6.45) is 3.88. The van der Waals surface area contributed by atoms with Crippen LogP contribution in [0, 0.1) is 23.7 Å². The molecule has 0 spiro atoms. The molecule has 4 heterocycles. The van der Waals surface area contributed by atoms with Gasteiger partial charge in [-0.15, -0.1) is 0 Å². The molecule has 11 heteroatoms. The van der Waals surface area contributed by atoms with Crippen molar-refractivity contribution in [3.8, 4) is 11.9 Å². The Labute approximate surface area is 242 Å². The van der Waals surface area contributed by atoms with Crippen LogP contribution in [0.25, 0.3) is 15.7 Å². The van der Waals surface area contributed by atoms with Crippen LogP contribution >= 0.6 is 15.9 Å². The minimum atomic E-state index is -0.670. The molecule has 3 aliphatic heterocycles. The number of hydrogen-bond acceptors (Lipinski definition) is 7. The summed E-state index contributed by atoms with van der Waals surface area (Å²) in [5.41, 5.74) is 0.546. The van der Waals surface area contributed by atoms with Crippen LogP contribution in [-0.4, -0.2) is 83.9 Å². The molecule has 3 aliphatic rings. The van der Waals surface area contributed by atoms with Crippen LogP contribution in [0.3, 0.4) is 0 Å². The van der Waals surface area contributed by atoms with Gasteiger partial charge in [0.05, 0.1) is 21.2 Å². The van der Waals surface area contributed by atoms with Gasteiger partial charge in [0, 0.05) is 25.0 Å². The number of pyridine rings is 1. The summed E-state index contributed by atoms with van der Waals surface area (Å²) in [6.45, 7) is 16.5. The van der Waals surface area contributed by atoms with Gasteiger partial charge in [0.15, 0.2) is 0 Å². The molecule has 1 amide bonds. The number of nitrogens with zero attached hydrogens (tertiary/aromatic N) is 6. The lowest BCUT2D eigenvalue weighted by molar-refractivity contribution is 0.0156. The molecule has 3 fully saturated rings. The average Bonchev–Trinajstić information content (AvgIpc) is 3.47. The van der Waals surface area contributed by atoms with Crippen molar-refractivity contribution >= 4 is 38.6 Å². The smallest absolute Gasteiger partial charge is 0.410 e. The highest BCUT2D eigenvalue weighted by Gasteiger charge is 2.45. The molecule has 0 bridgehead atoms. The molecule has 0 unspecified atom stereocenters. The number of piperazine rings is 1. The predicted octanol–water partition coefficient (Wildman–Crippen LogP) is 5.36. The highest BCUT2D eigenvalue weighted by Crippen LogP contribution is 2.42. The number of hydrogen-bond donors (Lipinski definition) is 0. The van der Waals surface area contributed by atoms with E-state index in [1.165, 1.54) is 6.07 Å². The second-order valence-electron chi connectivity index (χ2n) is 11.9. The molecular formula is C29H34BrFN6O3. The quantitative estimate of drug-likeness (QED) is 0.420. The Morgan fingerprint density at radius 1 is 1.27 bits per heavy atom. The van der Waals surface area contributed by atoms with Crippen LogP contribution in [0.15, 0.2) is 16.6 Å². The molecule has 1 aromatic carbocycles. The second kappa shape index (κ2) is 11.0. The highest BCUT2D eigenvalue weighted by molar-refractivity contribution is 9.10. The SMILES string of the molecule is [C-]#[N+]C[C@H]1CN(c2c(C#N)c(OCC34CCCN3CCC4)nc3cc(Br)c(F)cc23)CCN1C(=O)OC(C)(C)C. The number of fused-ring (bicyclic) bond motifs is 2. The molecule has 2 aromatic rings. The van der Waals surface area contributed by atoms with Crippen LogP contribution in [0.2, 0.25) is 0 Å². The first-order valence-corrected chi connectivity index (χ1v) is 14.5. The topological polar surface area (TPSA) is 86.3 Å². The lowest BCUT2D eigenvalue weighted by atomic mass is 9.95. The van der Waals surface area contributed by atoms with Crippen LogP contribution in [-0.2, 0) is 4.74 Å². The van der Waals surface area contributed by atoms with Crippen molar-refractivity contribution < 1.29 is 18.7 Å².